The lowest BCUT2D eigenvalue weighted by Gasteiger charge is -2.08. The lowest BCUT2D eigenvalue weighted by molar-refractivity contribution is 1.19. The maximum absolute atomic E-state index is 6.32. The summed E-state index contributed by atoms with van der Waals surface area (Å²) in [4.78, 5) is 9.67. The maximum Gasteiger partial charge on any atom is 0.172 e. The number of rotatable bonds is 2. The third-order valence-corrected chi connectivity index (χ3v) is 5.18. The SMILES string of the molecule is Cc1ccc(-c2c(Cl)nc(-c3cc(Br)cs3)nc2Cl)cc1. The largest absolute Gasteiger partial charge is 0.215 e. The lowest BCUT2D eigenvalue weighted by atomic mass is 10.1. The van der Waals surface area contributed by atoms with Crippen molar-refractivity contribution in [3.05, 3.63) is 56.1 Å². The molecule has 106 valence electrons. The normalized spacial score (nSPS) is 10.9. The first-order valence-electron chi connectivity index (χ1n) is 6.09. The summed E-state index contributed by atoms with van der Waals surface area (Å²) >= 11 is 17.6. The van der Waals surface area contributed by atoms with Crippen molar-refractivity contribution in [2.45, 2.75) is 6.92 Å². The molecule has 0 saturated heterocycles. The van der Waals surface area contributed by atoms with E-state index in [2.05, 4.69) is 25.9 Å². The van der Waals surface area contributed by atoms with E-state index >= 15 is 0 Å². The molecule has 0 atom stereocenters. The summed E-state index contributed by atoms with van der Waals surface area (Å²) in [6, 6.07) is 9.89. The fourth-order valence-electron chi connectivity index (χ4n) is 1.91. The Kier molecular flexibility index (Phi) is 4.31. The predicted molar refractivity (Wildman–Crippen MR) is 93.2 cm³/mol. The predicted octanol–water partition coefficient (Wildman–Crippen LogP) is 6.25. The number of aryl methyl sites for hydroxylation is 1. The van der Waals surface area contributed by atoms with Crippen LogP contribution in [0.5, 0.6) is 0 Å². The highest BCUT2D eigenvalue weighted by molar-refractivity contribution is 9.10. The molecule has 2 nitrogen and oxygen atoms in total. The monoisotopic (exact) mass is 398 g/mol. The number of benzene rings is 1. The van der Waals surface area contributed by atoms with Crippen LogP contribution in [-0.2, 0) is 0 Å². The standard InChI is InChI=1S/C15H9BrCl2N2S/c1-8-2-4-9(5-3-8)12-13(17)19-15(20-14(12)18)11-6-10(16)7-21-11/h2-7H,1H3. The van der Waals surface area contributed by atoms with Crippen LogP contribution < -0.4 is 0 Å². The van der Waals surface area contributed by atoms with Gasteiger partial charge in [0.25, 0.3) is 0 Å². The zero-order valence-corrected chi connectivity index (χ0v) is 14.8. The van der Waals surface area contributed by atoms with Crippen molar-refractivity contribution < 1.29 is 0 Å². The molecule has 0 aliphatic carbocycles. The topological polar surface area (TPSA) is 25.8 Å². The average molecular weight is 400 g/mol. The first-order chi connectivity index (χ1) is 10.0. The maximum atomic E-state index is 6.32. The van der Waals surface area contributed by atoms with E-state index in [1.165, 1.54) is 16.9 Å². The van der Waals surface area contributed by atoms with Gasteiger partial charge in [0.1, 0.15) is 10.3 Å². The quantitative estimate of drug-likeness (QED) is 0.476. The van der Waals surface area contributed by atoms with Gasteiger partial charge in [0.2, 0.25) is 0 Å². The summed E-state index contributed by atoms with van der Waals surface area (Å²) in [6.07, 6.45) is 0. The fraction of sp³-hybridized carbons (Fsp3) is 0.0667. The van der Waals surface area contributed by atoms with Gasteiger partial charge in [-0.25, -0.2) is 9.97 Å². The Hall–Kier alpha value is -0.940. The Morgan fingerprint density at radius 1 is 1.05 bits per heavy atom. The van der Waals surface area contributed by atoms with Crippen molar-refractivity contribution in [3.8, 4) is 21.8 Å². The molecule has 0 saturated carbocycles. The minimum Gasteiger partial charge on any atom is -0.215 e. The summed E-state index contributed by atoms with van der Waals surface area (Å²) in [7, 11) is 0. The van der Waals surface area contributed by atoms with E-state index in [0.29, 0.717) is 21.7 Å². The molecular weight excluding hydrogens is 391 g/mol. The van der Waals surface area contributed by atoms with Crippen molar-refractivity contribution in [2.75, 3.05) is 0 Å². The third-order valence-electron chi connectivity index (χ3n) is 2.95. The number of halogens is 3. The number of hydrogen-bond donors (Lipinski definition) is 0. The zero-order valence-electron chi connectivity index (χ0n) is 10.9. The van der Waals surface area contributed by atoms with Gasteiger partial charge in [-0.2, -0.15) is 0 Å². The van der Waals surface area contributed by atoms with Gasteiger partial charge in [-0.3, -0.25) is 0 Å². The Labute approximate surface area is 144 Å². The van der Waals surface area contributed by atoms with Gasteiger partial charge in [-0.15, -0.1) is 11.3 Å². The highest BCUT2D eigenvalue weighted by Gasteiger charge is 2.15. The summed E-state index contributed by atoms with van der Waals surface area (Å²) in [6.45, 7) is 2.03. The molecule has 0 spiro atoms. The Bertz CT molecular complexity index is 777. The molecule has 0 bridgehead atoms. The molecule has 6 heteroatoms. The molecule has 2 aromatic heterocycles. The lowest BCUT2D eigenvalue weighted by Crippen LogP contribution is -1.93. The molecule has 2 heterocycles. The van der Waals surface area contributed by atoms with E-state index in [-0.39, 0.29) is 0 Å². The van der Waals surface area contributed by atoms with E-state index in [1.807, 2.05) is 42.6 Å². The zero-order chi connectivity index (χ0) is 15.0. The fourth-order valence-corrected chi connectivity index (χ4v) is 3.87. The molecule has 0 aliphatic rings. The van der Waals surface area contributed by atoms with Crippen molar-refractivity contribution in [1.82, 2.24) is 9.97 Å². The van der Waals surface area contributed by atoms with Crippen LogP contribution in [0.15, 0.2) is 40.2 Å². The summed E-state index contributed by atoms with van der Waals surface area (Å²) in [5.74, 6) is 0.538. The van der Waals surface area contributed by atoms with Crippen LogP contribution in [0.25, 0.3) is 21.8 Å². The highest BCUT2D eigenvalue weighted by Crippen LogP contribution is 2.36. The van der Waals surface area contributed by atoms with E-state index < -0.39 is 0 Å². The number of thiophene rings is 1. The van der Waals surface area contributed by atoms with E-state index in [4.69, 9.17) is 23.2 Å². The molecule has 0 aliphatic heterocycles. The van der Waals surface area contributed by atoms with Crippen LogP contribution in [0.1, 0.15) is 5.56 Å². The van der Waals surface area contributed by atoms with Gasteiger partial charge in [0.05, 0.1) is 10.4 Å². The number of nitrogens with zero attached hydrogens (tertiary/aromatic N) is 2. The molecule has 0 amide bonds. The van der Waals surface area contributed by atoms with Gasteiger partial charge in [-0.05, 0) is 34.5 Å². The van der Waals surface area contributed by atoms with E-state index in [1.54, 1.807) is 0 Å². The molecule has 0 radical (unpaired) electrons. The first-order valence-corrected chi connectivity index (χ1v) is 8.52. The molecular formula is C15H9BrCl2N2S. The summed E-state index contributed by atoms with van der Waals surface area (Å²) in [5.41, 5.74) is 2.75. The van der Waals surface area contributed by atoms with Gasteiger partial charge in [0, 0.05) is 9.85 Å². The summed E-state index contributed by atoms with van der Waals surface area (Å²) in [5, 5.41) is 2.69. The smallest absolute Gasteiger partial charge is 0.172 e. The van der Waals surface area contributed by atoms with Gasteiger partial charge in [-0.1, -0.05) is 53.0 Å². The Balaban J connectivity index is 2.10. The third kappa shape index (κ3) is 3.14. The molecule has 3 aromatic rings. The second-order valence-corrected chi connectivity index (χ2v) is 7.04. The van der Waals surface area contributed by atoms with Crippen molar-refractivity contribution in [3.63, 3.8) is 0 Å². The molecule has 1 aromatic carbocycles. The van der Waals surface area contributed by atoms with Crippen LogP contribution in [0.3, 0.4) is 0 Å². The second kappa shape index (κ2) is 6.05. The van der Waals surface area contributed by atoms with Crippen LogP contribution >= 0.6 is 50.5 Å². The van der Waals surface area contributed by atoms with Crippen LogP contribution in [0.2, 0.25) is 10.3 Å². The van der Waals surface area contributed by atoms with Gasteiger partial charge in [0.15, 0.2) is 5.82 Å². The first kappa shape index (κ1) is 15.0. The van der Waals surface area contributed by atoms with Crippen molar-refractivity contribution in [2.24, 2.45) is 0 Å². The van der Waals surface area contributed by atoms with Gasteiger partial charge < -0.3 is 0 Å². The Morgan fingerprint density at radius 2 is 1.67 bits per heavy atom. The van der Waals surface area contributed by atoms with E-state index in [0.717, 1.165) is 14.9 Å². The molecule has 3 rings (SSSR count). The van der Waals surface area contributed by atoms with Crippen LogP contribution in [0.4, 0.5) is 0 Å². The second-order valence-electron chi connectivity index (χ2n) is 4.50. The van der Waals surface area contributed by atoms with Crippen molar-refractivity contribution >= 4 is 50.5 Å². The number of aromatic nitrogens is 2. The van der Waals surface area contributed by atoms with Gasteiger partial charge >= 0.3 is 0 Å². The minimum absolute atomic E-state index is 0.360. The van der Waals surface area contributed by atoms with Crippen LogP contribution in [-0.4, -0.2) is 9.97 Å². The number of hydrogen-bond acceptors (Lipinski definition) is 3. The molecule has 0 unspecified atom stereocenters. The molecule has 0 N–H and O–H groups in total. The highest BCUT2D eigenvalue weighted by atomic mass is 79.9. The summed E-state index contributed by atoms with van der Waals surface area (Å²) < 4.78 is 0.987. The van der Waals surface area contributed by atoms with E-state index in [9.17, 15) is 0 Å². The van der Waals surface area contributed by atoms with Crippen LogP contribution in [0, 0.1) is 6.92 Å². The average Bonchev–Trinajstić information content (AvgIpc) is 2.87. The molecule has 0 fully saturated rings. The van der Waals surface area contributed by atoms with Crippen molar-refractivity contribution in [1.29, 1.82) is 0 Å². The molecule has 21 heavy (non-hydrogen) atoms. The minimum atomic E-state index is 0.360. The Morgan fingerprint density at radius 3 is 2.19 bits per heavy atom.